The van der Waals surface area contributed by atoms with Gasteiger partial charge in [-0.1, -0.05) is 36.4 Å². The fourth-order valence-corrected chi connectivity index (χ4v) is 3.87. The molecule has 5 heteroatoms. The van der Waals surface area contributed by atoms with Crippen molar-refractivity contribution in [3.63, 3.8) is 0 Å². The van der Waals surface area contributed by atoms with E-state index in [9.17, 15) is 4.79 Å². The predicted octanol–water partition coefficient (Wildman–Crippen LogP) is 4.89. The molecule has 4 rings (SSSR count). The van der Waals surface area contributed by atoms with Crippen molar-refractivity contribution in [2.24, 2.45) is 0 Å². The molecule has 4 nitrogen and oxygen atoms in total. The highest BCUT2D eigenvalue weighted by atomic mass is 32.1. The van der Waals surface area contributed by atoms with Gasteiger partial charge in [0.15, 0.2) is 0 Å². The summed E-state index contributed by atoms with van der Waals surface area (Å²) in [7, 11) is 0. The van der Waals surface area contributed by atoms with Crippen LogP contribution in [0.2, 0.25) is 0 Å². The molecule has 0 unspecified atom stereocenters. The van der Waals surface area contributed by atoms with Crippen molar-refractivity contribution in [3.05, 3.63) is 82.3 Å². The number of carbonyl (C=O) groups excluding carboxylic acids is 1. The van der Waals surface area contributed by atoms with Crippen LogP contribution >= 0.6 is 11.3 Å². The first kappa shape index (κ1) is 16.5. The Morgan fingerprint density at radius 1 is 1.15 bits per heavy atom. The van der Waals surface area contributed by atoms with Gasteiger partial charge in [-0.3, -0.25) is 4.79 Å². The molecule has 0 aliphatic rings. The molecular weight excluding hydrogens is 342 g/mol. The van der Waals surface area contributed by atoms with E-state index in [4.69, 9.17) is 0 Å². The van der Waals surface area contributed by atoms with Crippen molar-refractivity contribution in [1.82, 2.24) is 15.1 Å². The third-order valence-electron chi connectivity index (χ3n) is 4.64. The monoisotopic (exact) mass is 361 g/mol. The van der Waals surface area contributed by atoms with E-state index in [0.29, 0.717) is 5.56 Å². The van der Waals surface area contributed by atoms with E-state index in [1.165, 1.54) is 16.7 Å². The molecule has 2 aromatic carbocycles. The normalized spacial score (nSPS) is 12.2. The van der Waals surface area contributed by atoms with Crippen LogP contribution in [0.3, 0.4) is 0 Å². The molecule has 2 aromatic heterocycles. The number of benzene rings is 2. The van der Waals surface area contributed by atoms with Crippen LogP contribution in [0.1, 0.15) is 34.6 Å². The van der Waals surface area contributed by atoms with Gasteiger partial charge < -0.3 is 5.32 Å². The van der Waals surface area contributed by atoms with E-state index in [2.05, 4.69) is 34.7 Å². The van der Waals surface area contributed by atoms with E-state index < -0.39 is 0 Å². The average Bonchev–Trinajstić information content (AvgIpc) is 3.31. The van der Waals surface area contributed by atoms with Crippen LogP contribution in [0, 0.1) is 6.92 Å². The molecule has 0 saturated carbocycles. The number of amides is 1. The van der Waals surface area contributed by atoms with E-state index in [1.54, 1.807) is 0 Å². The van der Waals surface area contributed by atoms with Crippen molar-refractivity contribution < 1.29 is 4.79 Å². The van der Waals surface area contributed by atoms with Crippen molar-refractivity contribution in [2.75, 3.05) is 0 Å². The van der Waals surface area contributed by atoms with Crippen molar-refractivity contribution in [3.8, 4) is 5.69 Å². The third kappa shape index (κ3) is 2.91. The van der Waals surface area contributed by atoms with Crippen LogP contribution in [0.15, 0.2) is 65.5 Å². The molecule has 1 amide bonds. The van der Waals surface area contributed by atoms with E-state index in [1.807, 2.05) is 59.8 Å². The van der Waals surface area contributed by atoms with Gasteiger partial charge in [0.05, 0.1) is 23.5 Å². The maximum absolute atomic E-state index is 12.3. The zero-order valence-corrected chi connectivity index (χ0v) is 15.5. The molecule has 0 saturated heterocycles. The summed E-state index contributed by atoms with van der Waals surface area (Å²) in [6, 6.07) is 16.2. The summed E-state index contributed by atoms with van der Waals surface area (Å²) in [5, 5.41) is 13.7. The minimum Gasteiger partial charge on any atom is -0.345 e. The fraction of sp³-hybridized carbons (Fsp3) is 0.143. The number of aromatic nitrogens is 2. The van der Waals surface area contributed by atoms with Gasteiger partial charge in [-0.15, -0.1) is 0 Å². The van der Waals surface area contributed by atoms with Crippen LogP contribution in [-0.4, -0.2) is 15.7 Å². The van der Waals surface area contributed by atoms with E-state index in [-0.39, 0.29) is 11.9 Å². The van der Waals surface area contributed by atoms with Crippen LogP contribution in [0.5, 0.6) is 0 Å². The van der Waals surface area contributed by atoms with Crippen molar-refractivity contribution in [1.29, 1.82) is 0 Å². The average molecular weight is 361 g/mol. The van der Waals surface area contributed by atoms with Gasteiger partial charge in [0.2, 0.25) is 0 Å². The molecule has 0 spiro atoms. The summed E-state index contributed by atoms with van der Waals surface area (Å²) in [6.07, 6.45) is 1.84. The van der Waals surface area contributed by atoms with E-state index in [0.717, 1.165) is 22.3 Å². The second-order valence-electron chi connectivity index (χ2n) is 6.30. The quantitative estimate of drug-likeness (QED) is 0.563. The van der Waals surface area contributed by atoms with Gasteiger partial charge in [-0.25, -0.2) is 4.68 Å². The molecule has 0 radical (unpaired) electrons. The first-order chi connectivity index (χ1) is 12.6. The standard InChI is InChI=1S/C21H19N3OS/c1-14(23-21(25)17-10-11-26-13-17)19-12-22-24(15(19)2)20-9-5-7-16-6-3-4-8-18(16)20/h3-14H,1-2H3,(H,23,25)/t14-/m1/s1. The number of thiophene rings is 1. The Hall–Kier alpha value is -2.92. The summed E-state index contributed by atoms with van der Waals surface area (Å²) in [5.41, 5.74) is 3.78. The second kappa shape index (κ2) is 6.77. The lowest BCUT2D eigenvalue weighted by molar-refractivity contribution is 0.0940. The molecule has 1 atom stereocenters. The Labute approximate surface area is 156 Å². The van der Waals surface area contributed by atoms with Crippen molar-refractivity contribution in [2.45, 2.75) is 19.9 Å². The fourth-order valence-electron chi connectivity index (χ4n) is 3.23. The maximum atomic E-state index is 12.3. The number of nitrogens with zero attached hydrogens (tertiary/aromatic N) is 2. The van der Waals surface area contributed by atoms with Gasteiger partial charge in [0, 0.05) is 22.0 Å². The second-order valence-corrected chi connectivity index (χ2v) is 7.08. The van der Waals surface area contributed by atoms with Crippen LogP contribution in [0.4, 0.5) is 0 Å². The summed E-state index contributed by atoms with van der Waals surface area (Å²) < 4.78 is 1.95. The first-order valence-electron chi connectivity index (χ1n) is 8.51. The van der Waals surface area contributed by atoms with Crippen LogP contribution < -0.4 is 5.32 Å². The van der Waals surface area contributed by atoms with Crippen LogP contribution in [0.25, 0.3) is 16.5 Å². The SMILES string of the molecule is Cc1c([C@@H](C)NC(=O)c2ccsc2)cnn1-c1cccc2ccccc12. The number of fused-ring (bicyclic) bond motifs is 1. The van der Waals surface area contributed by atoms with Gasteiger partial charge in [0.25, 0.3) is 5.91 Å². The molecule has 0 bridgehead atoms. The highest BCUT2D eigenvalue weighted by molar-refractivity contribution is 7.08. The number of rotatable bonds is 4. The molecule has 2 heterocycles. The minimum absolute atomic E-state index is 0.0592. The lowest BCUT2D eigenvalue weighted by Crippen LogP contribution is -2.26. The minimum atomic E-state index is -0.119. The van der Waals surface area contributed by atoms with Crippen molar-refractivity contribution >= 4 is 28.0 Å². The Kier molecular flexibility index (Phi) is 4.31. The Balaban J connectivity index is 1.67. The summed E-state index contributed by atoms with van der Waals surface area (Å²) in [4.78, 5) is 12.3. The topological polar surface area (TPSA) is 46.9 Å². The highest BCUT2D eigenvalue weighted by Gasteiger charge is 2.18. The zero-order valence-electron chi connectivity index (χ0n) is 14.6. The smallest absolute Gasteiger partial charge is 0.252 e. The van der Waals surface area contributed by atoms with Gasteiger partial charge >= 0.3 is 0 Å². The highest BCUT2D eigenvalue weighted by Crippen LogP contribution is 2.26. The first-order valence-corrected chi connectivity index (χ1v) is 9.45. The lowest BCUT2D eigenvalue weighted by Gasteiger charge is -2.14. The Morgan fingerprint density at radius 2 is 1.96 bits per heavy atom. The van der Waals surface area contributed by atoms with Gasteiger partial charge in [-0.2, -0.15) is 16.4 Å². The van der Waals surface area contributed by atoms with Gasteiger partial charge in [0.1, 0.15) is 0 Å². The summed E-state index contributed by atoms with van der Waals surface area (Å²) in [6.45, 7) is 4.03. The third-order valence-corrected chi connectivity index (χ3v) is 5.32. The number of nitrogens with one attached hydrogen (secondary N) is 1. The summed E-state index contributed by atoms with van der Waals surface area (Å²) in [5.74, 6) is -0.0592. The molecule has 4 aromatic rings. The molecule has 0 aliphatic carbocycles. The summed E-state index contributed by atoms with van der Waals surface area (Å²) >= 11 is 1.52. The molecular formula is C21H19N3OS. The van der Waals surface area contributed by atoms with Crippen LogP contribution in [-0.2, 0) is 0 Å². The molecule has 130 valence electrons. The maximum Gasteiger partial charge on any atom is 0.252 e. The Morgan fingerprint density at radius 3 is 2.77 bits per heavy atom. The predicted molar refractivity (Wildman–Crippen MR) is 106 cm³/mol. The number of hydrogen-bond acceptors (Lipinski definition) is 3. The van der Waals surface area contributed by atoms with E-state index >= 15 is 0 Å². The Bertz CT molecular complexity index is 1060. The lowest BCUT2D eigenvalue weighted by atomic mass is 10.1. The number of carbonyl (C=O) groups is 1. The number of hydrogen-bond donors (Lipinski definition) is 1. The molecule has 0 aliphatic heterocycles. The largest absolute Gasteiger partial charge is 0.345 e. The molecule has 1 N–H and O–H groups in total. The van der Waals surface area contributed by atoms with Gasteiger partial charge in [-0.05, 0) is 36.7 Å². The molecule has 26 heavy (non-hydrogen) atoms. The molecule has 0 fully saturated rings. The zero-order chi connectivity index (χ0) is 18.1.